The summed E-state index contributed by atoms with van der Waals surface area (Å²) in [5, 5.41) is 0. The number of nitrogens with zero attached hydrogens (tertiary/aromatic N) is 1. The van der Waals surface area contributed by atoms with E-state index in [1.807, 2.05) is 12.3 Å². The Morgan fingerprint density at radius 3 is 2.22 bits per heavy atom. The average Bonchev–Trinajstić information content (AvgIpc) is 2.47. The Bertz CT molecular complexity index is 441. The maximum atomic E-state index is 6.06. The van der Waals surface area contributed by atoms with Crippen LogP contribution >= 0.6 is 0 Å². The first-order valence-corrected chi connectivity index (χ1v) is 6.58. The van der Waals surface area contributed by atoms with Crippen LogP contribution in [0, 0.1) is 6.92 Å². The lowest BCUT2D eigenvalue weighted by Gasteiger charge is -2.32. The van der Waals surface area contributed by atoms with E-state index >= 15 is 0 Å². The highest BCUT2D eigenvalue weighted by atomic mass is 16.7. The summed E-state index contributed by atoms with van der Waals surface area (Å²) in [6.45, 7) is 12.5. The molecule has 0 saturated carbocycles. The molecule has 1 aromatic heterocycles. The second kappa shape index (κ2) is 4.35. The van der Waals surface area contributed by atoms with Crippen LogP contribution in [0.4, 0.5) is 0 Å². The van der Waals surface area contributed by atoms with Crippen molar-refractivity contribution in [2.45, 2.75) is 59.2 Å². The molecule has 0 aromatic carbocycles. The molecule has 1 aliphatic rings. The Kier molecular flexibility index (Phi) is 3.28. The fourth-order valence-corrected chi connectivity index (χ4v) is 2.23. The molecule has 2 heterocycles. The van der Waals surface area contributed by atoms with Gasteiger partial charge in [-0.3, -0.25) is 4.98 Å². The first-order chi connectivity index (χ1) is 8.28. The van der Waals surface area contributed by atoms with Crippen molar-refractivity contribution >= 4 is 12.7 Å². The highest BCUT2D eigenvalue weighted by Gasteiger charge is 2.52. The number of hydrogen-bond acceptors (Lipinski definition) is 3. The van der Waals surface area contributed by atoms with Crippen LogP contribution in [0.5, 0.6) is 0 Å². The van der Waals surface area contributed by atoms with E-state index in [0.717, 1.165) is 12.0 Å². The van der Waals surface area contributed by atoms with Crippen molar-refractivity contribution in [1.29, 1.82) is 0 Å². The Hall–Kier alpha value is -0.865. The predicted octanol–water partition coefficient (Wildman–Crippen LogP) is 2.25. The summed E-state index contributed by atoms with van der Waals surface area (Å²) >= 11 is 0. The van der Waals surface area contributed by atoms with Gasteiger partial charge in [0.25, 0.3) is 0 Å². The molecule has 0 radical (unpaired) electrons. The monoisotopic (exact) mass is 247 g/mol. The number of aromatic nitrogens is 1. The van der Waals surface area contributed by atoms with Crippen LogP contribution in [0.3, 0.4) is 0 Å². The summed E-state index contributed by atoms with van der Waals surface area (Å²) in [6.07, 6.45) is 2.77. The molecule has 2 rings (SSSR count). The molecular formula is C14H22BNO2. The first kappa shape index (κ1) is 13.6. The minimum atomic E-state index is -0.357. The van der Waals surface area contributed by atoms with Gasteiger partial charge in [0.05, 0.1) is 16.8 Å². The molecular weight excluding hydrogens is 225 g/mol. The lowest BCUT2D eigenvalue weighted by molar-refractivity contribution is 0.00578. The van der Waals surface area contributed by atoms with Gasteiger partial charge in [-0.1, -0.05) is 6.92 Å². The summed E-state index contributed by atoms with van der Waals surface area (Å²) < 4.78 is 12.1. The molecule has 0 atom stereocenters. The number of pyridine rings is 1. The van der Waals surface area contributed by atoms with Gasteiger partial charge < -0.3 is 9.31 Å². The van der Waals surface area contributed by atoms with Crippen molar-refractivity contribution in [3.8, 4) is 0 Å². The molecule has 1 fully saturated rings. The molecule has 0 spiro atoms. The van der Waals surface area contributed by atoms with E-state index in [9.17, 15) is 0 Å². The van der Waals surface area contributed by atoms with Crippen LogP contribution in [0.1, 0.15) is 45.7 Å². The van der Waals surface area contributed by atoms with Crippen molar-refractivity contribution in [3.05, 3.63) is 23.4 Å². The van der Waals surface area contributed by atoms with Gasteiger partial charge in [0.15, 0.2) is 0 Å². The fraction of sp³-hybridized carbons (Fsp3) is 0.643. The van der Waals surface area contributed by atoms with Gasteiger partial charge in [-0.05, 0) is 58.2 Å². The second-order valence-corrected chi connectivity index (χ2v) is 5.93. The van der Waals surface area contributed by atoms with E-state index in [0.29, 0.717) is 0 Å². The highest BCUT2D eigenvalue weighted by Crippen LogP contribution is 2.36. The minimum Gasteiger partial charge on any atom is -0.398 e. The Labute approximate surface area is 110 Å². The van der Waals surface area contributed by atoms with Crippen LogP contribution in [0.25, 0.3) is 0 Å². The zero-order chi connectivity index (χ0) is 13.6. The average molecular weight is 247 g/mol. The van der Waals surface area contributed by atoms with Gasteiger partial charge in [0.2, 0.25) is 0 Å². The molecule has 1 aromatic rings. The van der Waals surface area contributed by atoms with Crippen molar-refractivity contribution in [2.75, 3.05) is 0 Å². The summed E-state index contributed by atoms with van der Waals surface area (Å²) in [7, 11) is -0.357. The zero-order valence-electron chi connectivity index (χ0n) is 12.2. The van der Waals surface area contributed by atoms with Crippen LogP contribution in [-0.4, -0.2) is 23.3 Å². The van der Waals surface area contributed by atoms with E-state index in [1.165, 1.54) is 11.1 Å². The molecule has 0 N–H and O–H groups in total. The van der Waals surface area contributed by atoms with Gasteiger partial charge in [0, 0.05) is 6.20 Å². The van der Waals surface area contributed by atoms with Crippen molar-refractivity contribution < 1.29 is 9.31 Å². The topological polar surface area (TPSA) is 31.4 Å². The number of rotatable bonds is 2. The Morgan fingerprint density at radius 2 is 1.72 bits per heavy atom. The molecule has 1 saturated heterocycles. The minimum absolute atomic E-state index is 0.311. The normalized spacial score (nSPS) is 21.3. The first-order valence-electron chi connectivity index (χ1n) is 6.58. The summed E-state index contributed by atoms with van der Waals surface area (Å²) in [6, 6.07) is 2.04. The van der Waals surface area contributed by atoms with Crippen molar-refractivity contribution in [3.63, 3.8) is 0 Å². The molecule has 1 aliphatic heterocycles. The number of hydrogen-bond donors (Lipinski definition) is 0. The molecule has 4 heteroatoms. The maximum absolute atomic E-state index is 6.06. The fourth-order valence-electron chi connectivity index (χ4n) is 2.23. The zero-order valence-corrected chi connectivity index (χ0v) is 12.2. The van der Waals surface area contributed by atoms with E-state index in [-0.39, 0.29) is 18.3 Å². The van der Waals surface area contributed by atoms with Crippen LogP contribution < -0.4 is 5.59 Å². The summed E-state index contributed by atoms with van der Waals surface area (Å²) in [5.41, 5.74) is 2.78. The Morgan fingerprint density at radius 1 is 1.17 bits per heavy atom. The van der Waals surface area contributed by atoms with E-state index in [4.69, 9.17) is 9.31 Å². The van der Waals surface area contributed by atoms with Crippen LogP contribution in [0.2, 0.25) is 0 Å². The van der Waals surface area contributed by atoms with E-state index in [1.54, 1.807) is 0 Å². The molecule has 18 heavy (non-hydrogen) atoms. The van der Waals surface area contributed by atoms with E-state index in [2.05, 4.69) is 46.5 Å². The third-order valence-electron chi connectivity index (χ3n) is 4.15. The summed E-state index contributed by atoms with van der Waals surface area (Å²) in [5.74, 6) is 0. The van der Waals surface area contributed by atoms with Gasteiger partial charge in [0.1, 0.15) is 0 Å². The lowest BCUT2D eigenvalue weighted by Crippen LogP contribution is -2.41. The predicted molar refractivity (Wildman–Crippen MR) is 74.1 cm³/mol. The molecule has 0 aliphatic carbocycles. The standard InChI is InChI=1S/C14H22BNO2/c1-7-11-10(2)8-9-16-12(11)15-17-13(3,4)14(5,6)18-15/h8-9H,7H2,1-6H3. The lowest BCUT2D eigenvalue weighted by atomic mass is 9.79. The number of aryl methyl sites for hydroxylation is 1. The smallest absolute Gasteiger partial charge is 0.398 e. The SMILES string of the molecule is CCc1c(C)ccnc1B1OC(C)(C)C(C)(C)O1. The second-order valence-electron chi connectivity index (χ2n) is 5.93. The highest BCUT2D eigenvalue weighted by molar-refractivity contribution is 6.61. The van der Waals surface area contributed by atoms with Crippen LogP contribution in [-0.2, 0) is 15.7 Å². The van der Waals surface area contributed by atoms with E-state index < -0.39 is 0 Å². The van der Waals surface area contributed by atoms with Crippen molar-refractivity contribution in [1.82, 2.24) is 4.98 Å². The van der Waals surface area contributed by atoms with Gasteiger partial charge >= 0.3 is 7.12 Å². The quantitative estimate of drug-likeness (QED) is 0.751. The van der Waals surface area contributed by atoms with Gasteiger partial charge in [-0.15, -0.1) is 0 Å². The third-order valence-corrected chi connectivity index (χ3v) is 4.15. The van der Waals surface area contributed by atoms with Crippen molar-refractivity contribution in [2.24, 2.45) is 0 Å². The Balaban J connectivity index is 2.38. The molecule has 3 nitrogen and oxygen atoms in total. The largest absolute Gasteiger partial charge is 0.514 e. The van der Waals surface area contributed by atoms with Gasteiger partial charge in [-0.2, -0.15) is 0 Å². The molecule has 0 unspecified atom stereocenters. The maximum Gasteiger partial charge on any atom is 0.514 e. The molecule has 98 valence electrons. The third kappa shape index (κ3) is 2.08. The molecule has 0 bridgehead atoms. The molecule has 0 amide bonds. The van der Waals surface area contributed by atoms with Gasteiger partial charge in [-0.25, -0.2) is 0 Å². The van der Waals surface area contributed by atoms with Crippen LogP contribution in [0.15, 0.2) is 12.3 Å². The summed E-state index contributed by atoms with van der Waals surface area (Å²) in [4.78, 5) is 4.47.